The molecule has 0 amide bonds. The number of carbonyl (C=O) groups is 1. The fourth-order valence-corrected chi connectivity index (χ4v) is 3.18. The molecule has 0 spiro atoms. The Bertz CT molecular complexity index is 356. The molecule has 3 heteroatoms. The van der Waals surface area contributed by atoms with Gasteiger partial charge < -0.3 is 4.74 Å². The highest BCUT2D eigenvalue weighted by atomic mass is 32.1. The van der Waals surface area contributed by atoms with Crippen LogP contribution in [-0.2, 0) is 17.6 Å². The number of carbonyl (C=O) groups excluding carboxylic acids is 1. The van der Waals surface area contributed by atoms with E-state index < -0.39 is 0 Å². The second kappa shape index (κ2) is 5.00. The fourth-order valence-electron chi connectivity index (χ4n) is 2.04. The van der Waals surface area contributed by atoms with E-state index in [0.29, 0.717) is 0 Å². The van der Waals surface area contributed by atoms with Crippen LogP contribution in [-0.4, -0.2) is 12.1 Å². The molecule has 1 heterocycles. The van der Waals surface area contributed by atoms with Gasteiger partial charge in [-0.1, -0.05) is 6.42 Å². The molecule has 0 atom stereocenters. The van der Waals surface area contributed by atoms with E-state index in [1.165, 1.54) is 29.7 Å². The summed E-state index contributed by atoms with van der Waals surface area (Å²) < 4.78 is 5.22. The third-order valence-corrected chi connectivity index (χ3v) is 4.01. The van der Waals surface area contributed by atoms with Crippen molar-refractivity contribution in [2.45, 2.75) is 52.1 Å². The summed E-state index contributed by atoms with van der Waals surface area (Å²) in [5.41, 5.74) is 1.37. The molecule has 2 rings (SSSR count). The van der Waals surface area contributed by atoms with E-state index in [0.717, 1.165) is 17.7 Å². The van der Waals surface area contributed by atoms with Crippen molar-refractivity contribution in [3.05, 3.63) is 21.4 Å². The topological polar surface area (TPSA) is 26.3 Å². The van der Waals surface area contributed by atoms with Crippen molar-refractivity contribution in [1.29, 1.82) is 0 Å². The molecule has 0 aliphatic heterocycles. The Kier molecular flexibility index (Phi) is 3.64. The lowest BCUT2D eigenvalue weighted by Gasteiger charge is -2.05. The Morgan fingerprint density at radius 3 is 2.81 bits per heavy atom. The molecule has 88 valence electrons. The van der Waals surface area contributed by atoms with Gasteiger partial charge in [0.15, 0.2) is 0 Å². The monoisotopic (exact) mass is 238 g/mol. The Morgan fingerprint density at radius 2 is 2.06 bits per heavy atom. The number of fused-ring (bicyclic) bond motifs is 1. The standard InChI is InChI=1S/C13H18O2S/c1-9(2)15-13(14)12-8-10-6-4-3-5-7-11(10)16-12/h8-9H,3-7H2,1-2H3. The highest BCUT2D eigenvalue weighted by molar-refractivity contribution is 7.14. The van der Waals surface area contributed by atoms with E-state index in [1.54, 1.807) is 11.3 Å². The van der Waals surface area contributed by atoms with E-state index in [2.05, 4.69) is 0 Å². The summed E-state index contributed by atoms with van der Waals surface area (Å²) in [7, 11) is 0. The molecule has 1 aromatic rings. The maximum Gasteiger partial charge on any atom is 0.348 e. The Morgan fingerprint density at radius 1 is 1.31 bits per heavy atom. The van der Waals surface area contributed by atoms with Crippen LogP contribution >= 0.6 is 11.3 Å². The molecule has 0 saturated heterocycles. The predicted octanol–water partition coefficient (Wildman–Crippen LogP) is 3.58. The first-order chi connectivity index (χ1) is 7.66. The molecular formula is C13H18O2S. The molecule has 0 unspecified atom stereocenters. The molecule has 0 fully saturated rings. The van der Waals surface area contributed by atoms with Crippen molar-refractivity contribution < 1.29 is 9.53 Å². The summed E-state index contributed by atoms with van der Waals surface area (Å²) in [5.74, 6) is -0.159. The van der Waals surface area contributed by atoms with Gasteiger partial charge in [0.05, 0.1) is 6.10 Å². The van der Waals surface area contributed by atoms with Crippen molar-refractivity contribution in [3.8, 4) is 0 Å². The van der Waals surface area contributed by atoms with Crippen LogP contribution in [0.5, 0.6) is 0 Å². The second-order valence-corrected chi connectivity index (χ2v) is 5.71. The van der Waals surface area contributed by atoms with Gasteiger partial charge in [-0.05, 0) is 51.2 Å². The third-order valence-electron chi connectivity index (χ3n) is 2.79. The summed E-state index contributed by atoms with van der Waals surface area (Å²) in [5, 5.41) is 0. The van der Waals surface area contributed by atoms with Gasteiger partial charge in [-0.25, -0.2) is 4.79 Å². The van der Waals surface area contributed by atoms with E-state index >= 15 is 0 Å². The lowest BCUT2D eigenvalue weighted by atomic mass is 10.1. The largest absolute Gasteiger partial charge is 0.459 e. The predicted molar refractivity (Wildman–Crippen MR) is 66.1 cm³/mol. The van der Waals surface area contributed by atoms with Crippen LogP contribution in [0.2, 0.25) is 0 Å². The average Bonchev–Trinajstić information content (AvgIpc) is 2.49. The summed E-state index contributed by atoms with van der Waals surface area (Å²) in [6.07, 6.45) is 6.05. The van der Waals surface area contributed by atoms with Gasteiger partial charge in [0.2, 0.25) is 0 Å². The summed E-state index contributed by atoms with van der Waals surface area (Å²) in [4.78, 5) is 13.9. The molecule has 0 N–H and O–H groups in total. The SMILES string of the molecule is CC(C)OC(=O)c1cc2c(s1)CCCCC2. The van der Waals surface area contributed by atoms with E-state index in [-0.39, 0.29) is 12.1 Å². The Labute approximate surface area is 101 Å². The van der Waals surface area contributed by atoms with Crippen LogP contribution in [0, 0.1) is 0 Å². The number of hydrogen-bond donors (Lipinski definition) is 0. The maximum atomic E-state index is 11.7. The van der Waals surface area contributed by atoms with Crippen LogP contribution < -0.4 is 0 Å². The molecule has 1 aliphatic carbocycles. The lowest BCUT2D eigenvalue weighted by Crippen LogP contribution is -2.10. The lowest BCUT2D eigenvalue weighted by molar-refractivity contribution is 0.0383. The number of ether oxygens (including phenoxy) is 1. The van der Waals surface area contributed by atoms with Gasteiger partial charge in [-0.3, -0.25) is 0 Å². The van der Waals surface area contributed by atoms with Gasteiger partial charge in [0.1, 0.15) is 4.88 Å². The van der Waals surface area contributed by atoms with Crippen molar-refractivity contribution in [3.63, 3.8) is 0 Å². The fraction of sp³-hybridized carbons (Fsp3) is 0.615. The number of esters is 1. The molecular weight excluding hydrogens is 220 g/mol. The Hall–Kier alpha value is -0.830. The smallest absolute Gasteiger partial charge is 0.348 e. The summed E-state index contributed by atoms with van der Waals surface area (Å²) in [6, 6.07) is 2.04. The molecule has 0 radical (unpaired) electrons. The van der Waals surface area contributed by atoms with E-state index in [1.807, 2.05) is 19.9 Å². The maximum absolute atomic E-state index is 11.7. The van der Waals surface area contributed by atoms with Crippen molar-refractivity contribution >= 4 is 17.3 Å². The molecule has 0 saturated carbocycles. The zero-order valence-corrected chi connectivity index (χ0v) is 10.7. The average molecular weight is 238 g/mol. The number of aryl methyl sites for hydroxylation is 2. The van der Waals surface area contributed by atoms with Gasteiger partial charge in [-0.2, -0.15) is 0 Å². The molecule has 16 heavy (non-hydrogen) atoms. The third kappa shape index (κ3) is 2.64. The van der Waals surface area contributed by atoms with Gasteiger partial charge in [0.25, 0.3) is 0 Å². The zero-order chi connectivity index (χ0) is 11.5. The molecule has 1 aliphatic rings. The first-order valence-electron chi connectivity index (χ1n) is 5.99. The second-order valence-electron chi connectivity index (χ2n) is 4.57. The van der Waals surface area contributed by atoms with Gasteiger partial charge >= 0.3 is 5.97 Å². The molecule has 1 aromatic heterocycles. The first-order valence-corrected chi connectivity index (χ1v) is 6.81. The number of thiophene rings is 1. The minimum Gasteiger partial charge on any atom is -0.459 e. The quantitative estimate of drug-likeness (QED) is 0.581. The van der Waals surface area contributed by atoms with Crippen molar-refractivity contribution in [1.82, 2.24) is 0 Å². The van der Waals surface area contributed by atoms with Crippen LogP contribution in [0.1, 0.15) is 53.2 Å². The Balaban J connectivity index is 2.14. The van der Waals surface area contributed by atoms with Crippen LogP contribution in [0.4, 0.5) is 0 Å². The highest BCUT2D eigenvalue weighted by Crippen LogP contribution is 2.29. The van der Waals surface area contributed by atoms with E-state index in [4.69, 9.17) is 4.74 Å². The van der Waals surface area contributed by atoms with Gasteiger partial charge in [-0.15, -0.1) is 11.3 Å². The number of hydrogen-bond acceptors (Lipinski definition) is 3. The minimum atomic E-state index is -0.159. The number of rotatable bonds is 2. The van der Waals surface area contributed by atoms with Crippen LogP contribution in [0.3, 0.4) is 0 Å². The van der Waals surface area contributed by atoms with Gasteiger partial charge in [0, 0.05) is 4.88 Å². The van der Waals surface area contributed by atoms with Crippen LogP contribution in [0.25, 0.3) is 0 Å². The van der Waals surface area contributed by atoms with Crippen LogP contribution in [0.15, 0.2) is 6.07 Å². The molecule has 2 nitrogen and oxygen atoms in total. The first kappa shape index (κ1) is 11.6. The summed E-state index contributed by atoms with van der Waals surface area (Å²) >= 11 is 1.62. The van der Waals surface area contributed by atoms with Crippen molar-refractivity contribution in [2.24, 2.45) is 0 Å². The zero-order valence-electron chi connectivity index (χ0n) is 9.91. The molecule has 0 aromatic carbocycles. The van der Waals surface area contributed by atoms with Crippen molar-refractivity contribution in [2.75, 3.05) is 0 Å². The highest BCUT2D eigenvalue weighted by Gasteiger charge is 2.17. The molecule has 0 bridgehead atoms. The minimum absolute atomic E-state index is 0.0330. The normalized spacial score (nSPS) is 15.7. The van der Waals surface area contributed by atoms with E-state index in [9.17, 15) is 4.79 Å². The summed E-state index contributed by atoms with van der Waals surface area (Å²) in [6.45, 7) is 3.77.